The third-order valence-electron chi connectivity index (χ3n) is 4.90. The zero-order valence-corrected chi connectivity index (χ0v) is 18.9. The van der Waals surface area contributed by atoms with Crippen molar-refractivity contribution in [2.45, 2.75) is 105 Å². The van der Waals surface area contributed by atoms with Crippen LogP contribution in [0.3, 0.4) is 0 Å². The number of hydrogen-bond acceptors (Lipinski definition) is 4. The van der Waals surface area contributed by atoms with Crippen LogP contribution in [0.1, 0.15) is 99.3 Å². The average molecular weight is 391 g/mol. The lowest BCUT2D eigenvalue weighted by Crippen LogP contribution is -2.37. The summed E-state index contributed by atoms with van der Waals surface area (Å²) in [6.45, 7) is 12.7. The summed E-state index contributed by atoms with van der Waals surface area (Å²) in [6.07, 6.45) is 9.15. The van der Waals surface area contributed by atoms with Crippen molar-refractivity contribution in [3.05, 3.63) is 11.4 Å². The standard InChI is InChI=1S/C21H43O4P/c1-7-11-13-14-15-17-21(22,19(5)6)20(16-12-8-2)18-26(23,24-9-3)25-10-4/h18-19,22H,7-17H2,1-6H3/b20-18+. The number of rotatable bonds is 16. The van der Waals surface area contributed by atoms with Crippen LogP contribution in [0.15, 0.2) is 11.4 Å². The number of hydrogen-bond donors (Lipinski definition) is 1. The maximum Gasteiger partial charge on any atom is 0.354 e. The summed E-state index contributed by atoms with van der Waals surface area (Å²) in [7, 11) is -3.32. The van der Waals surface area contributed by atoms with Crippen LogP contribution in [-0.4, -0.2) is 23.9 Å². The molecule has 0 heterocycles. The van der Waals surface area contributed by atoms with Gasteiger partial charge in [-0.2, -0.15) is 0 Å². The van der Waals surface area contributed by atoms with E-state index in [1.54, 1.807) is 5.82 Å². The first-order valence-corrected chi connectivity index (χ1v) is 12.2. The van der Waals surface area contributed by atoms with E-state index in [-0.39, 0.29) is 5.92 Å². The molecule has 26 heavy (non-hydrogen) atoms. The molecule has 0 aliphatic carbocycles. The van der Waals surface area contributed by atoms with Crippen molar-refractivity contribution >= 4 is 7.60 Å². The van der Waals surface area contributed by atoms with Crippen molar-refractivity contribution in [3.63, 3.8) is 0 Å². The van der Waals surface area contributed by atoms with Gasteiger partial charge in [-0.05, 0) is 44.6 Å². The molecular formula is C21H43O4P. The van der Waals surface area contributed by atoms with Crippen LogP contribution in [0.4, 0.5) is 0 Å². The smallest absolute Gasteiger partial charge is 0.354 e. The summed E-state index contributed by atoms with van der Waals surface area (Å²) in [4.78, 5) is 0. The third-order valence-corrected chi connectivity index (χ3v) is 6.77. The van der Waals surface area contributed by atoms with Crippen molar-refractivity contribution in [1.29, 1.82) is 0 Å². The first kappa shape index (κ1) is 25.9. The van der Waals surface area contributed by atoms with Crippen LogP contribution in [0.2, 0.25) is 0 Å². The van der Waals surface area contributed by atoms with E-state index in [0.717, 1.165) is 37.7 Å². The Kier molecular flexibility index (Phi) is 13.9. The minimum absolute atomic E-state index is 0.0495. The Labute approximate surface area is 162 Å². The molecule has 1 atom stereocenters. The molecule has 1 unspecified atom stereocenters. The minimum Gasteiger partial charge on any atom is -0.385 e. The van der Waals surface area contributed by atoms with Crippen molar-refractivity contribution < 1.29 is 18.7 Å². The average Bonchev–Trinajstić information content (AvgIpc) is 2.58. The van der Waals surface area contributed by atoms with Crippen LogP contribution in [-0.2, 0) is 13.6 Å². The van der Waals surface area contributed by atoms with Gasteiger partial charge in [-0.25, -0.2) is 0 Å². The molecule has 0 spiro atoms. The molecule has 0 saturated heterocycles. The first-order valence-electron chi connectivity index (χ1n) is 10.6. The molecule has 0 bridgehead atoms. The Hall–Kier alpha value is -0.150. The molecule has 0 rings (SSSR count). The Morgan fingerprint density at radius 2 is 1.50 bits per heavy atom. The van der Waals surface area contributed by atoms with E-state index in [9.17, 15) is 9.67 Å². The van der Waals surface area contributed by atoms with Gasteiger partial charge in [0.2, 0.25) is 0 Å². The van der Waals surface area contributed by atoms with Crippen molar-refractivity contribution in [2.75, 3.05) is 13.2 Å². The zero-order valence-electron chi connectivity index (χ0n) is 18.1. The predicted molar refractivity (Wildman–Crippen MR) is 112 cm³/mol. The van der Waals surface area contributed by atoms with E-state index in [1.807, 2.05) is 27.7 Å². The summed E-state index contributed by atoms with van der Waals surface area (Å²) in [6, 6.07) is 0. The molecule has 156 valence electrons. The summed E-state index contributed by atoms with van der Waals surface area (Å²) >= 11 is 0. The van der Waals surface area contributed by atoms with E-state index < -0.39 is 13.2 Å². The quantitative estimate of drug-likeness (QED) is 0.226. The second-order valence-electron chi connectivity index (χ2n) is 7.38. The van der Waals surface area contributed by atoms with Crippen LogP contribution in [0.5, 0.6) is 0 Å². The highest BCUT2D eigenvalue weighted by atomic mass is 31.2. The monoisotopic (exact) mass is 390 g/mol. The van der Waals surface area contributed by atoms with Crippen molar-refractivity contribution in [2.24, 2.45) is 5.92 Å². The molecule has 0 amide bonds. The lowest BCUT2D eigenvalue weighted by Gasteiger charge is -2.36. The summed E-state index contributed by atoms with van der Waals surface area (Å²) < 4.78 is 24.0. The van der Waals surface area contributed by atoms with Crippen LogP contribution in [0.25, 0.3) is 0 Å². The molecule has 0 aliphatic rings. The lowest BCUT2D eigenvalue weighted by molar-refractivity contribution is 0.0171. The van der Waals surface area contributed by atoms with Crippen molar-refractivity contribution in [1.82, 2.24) is 0 Å². The summed E-state index contributed by atoms with van der Waals surface area (Å²) in [5.74, 6) is 1.68. The molecular weight excluding hydrogens is 347 g/mol. The van der Waals surface area contributed by atoms with Gasteiger partial charge < -0.3 is 14.2 Å². The predicted octanol–water partition coefficient (Wildman–Crippen LogP) is 7.07. The third kappa shape index (κ3) is 9.17. The van der Waals surface area contributed by atoms with Gasteiger partial charge in [0.15, 0.2) is 0 Å². The summed E-state index contributed by atoms with van der Waals surface area (Å²) in [5.41, 5.74) is -0.124. The van der Waals surface area contributed by atoms with Gasteiger partial charge in [0.1, 0.15) is 0 Å². The fourth-order valence-electron chi connectivity index (χ4n) is 3.24. The molecule has 0 fully saturated rings. The van der Waals surface area contributed by atoms with Crippen molar-refractivity contribution in [3.8, 4) is 0 Å². The van der Waals surface area contributed by atoms with Gasteiger partial charge in [0, 0.05) is 5.82 Å². The Morgan fingerprint density at radius 3 is 1.96 bits per heavy atom. The first-order chi connectivity index (χ1) is 12.3. The Morgan fingerprint density at radius 1 is 0.962 bits per heavy atom. The minimum atomic E-state index is -3.32. The van der Waals surface area contributed by atoms with E-state index in [2.05, 4.69) is 13.8 Å². The highest BCUT2D eigenvalue weighted by Gasteiger charge is 2.36. The van der Waals surface area contributed by atoms with Crippen LogP contribution < -0.4 is 0 Å². The molecule has 0 aromatic rings. The van der Waals surface area contributed by atoms with Gasteiger partial charge >= 0.3 is 7.60 Å². The van der Waals surface area contributed by atoms with E-state index in [0.29, 0.717) is 19.6 Å². The molecule has 4 nitrogen and oxygen atoms in total. The summed E-state index contributed by atoms with van der Waals surface area (Å²) in [5, 5.41) is 11.5. The second-order valence-corrected chi connectivity index (χ2v) is 9.23. The second kappa shape index (κ2) is 13.9. The van der Waals surface area contributed by atoms with Gasteiger partial charge in [0.25, 0.3) is 0 Å². The molecule has 0 aromatic heterocycles. The topological polar surface area (TPSA) is 55.8 Å². The zero-order chi connectivity index (χ0) is 20.1. The molecule has 1 N–H and O–H groups in total. The van der Waals surface area contributed by atoms with Gasteiger partial charge in [0.05, 0.1) is 18.8 Å². The van der Waals surface area contributed by atoms with E-state index in [1.165, 1.54) is 19.3 Å². The highest BCUT2D eigenvalue weighted by molar-refractivity contribution is 7.57. The molecule has 5 heteroatoms. The Balaban J connectivity index is 5.55. The normalized spacial score (nSPS) is 15.5. The van der Waals surface area contributed by atoms with Crippen LogP contribution in [0, 0.1) is 5.92 Å². The van der Waals surface area contributed by atoms with Crippen LogP contribution >= 0.6 is 7.60 Å². The largest absolute Gasteiger partial charge is 0.385 e. The maximum absolute atomic E-state index is 13.0. The SMILES string of the molecule is CCCCCCCC(O)(/C(=C/P(=O)(OCC)OCC)CCCC)C(C)C. The number of aliphatic hydroxyl groups is 1. The number of unbranched alkanes of at least 4 members (excludes halogenated alkanes) is 5. The fourth-order valence-corrected chi connectivity index (χ4v) is 4.92. The highest BCUT2D eigenvalue weighted by Crippen LogP contribution is 2.53. The van der Waals surface area contributed by atoms with Gasteiger partial charge in [-0.15, -0.1) is 0 Å². The fraction of sp³-hybridized carbons (Fsp3) is 0.905. The van der Waals surface area contributed by atoms with Gasteiger partial charge in [-0.3, -0.25) is 4.57 Å². The van der Waals surface area contributed by atoms with E-state index >= 15 is 0 Å². The molecule has 0 saturated carbocycles. The molecule has 0 aromatic carbocycles. The van der Waals surface area contributed by atoms with E-state index in [4.69, 9.17) is 9.05 Å². The molecule has 0 aliphatic heterocycles. The molecule has 0 radical (unpaired) electrons. The Bertz CT molecular complexity index is 424. The van der Waals surface area contributed by atoms with Gasteiger partial charge in [-0.1, -0.05) is 66.2 Å². The maximum atomic E-state index is 13.0. The lowest BCUT2D eigenvalue weighted by atomic mass is 9.78.